The summed E-state index contributed by atoms with van der Waals surface area (Å²) in [5, 5.41) is 12.4. The maximum absolute atomic E-state index is 12.2. The fourth-order valence-electron chi connectivity index (χ4n) is 3.38. The van der Waals surface area contributed by atoms with Gasteiger partial charge >= 0.3 is 0 Å². The summed E-state index contributed by atoms with van der Waals surface area (Å²) in [7, 11) is 0. The number of nitrogens with zero attached hydrogens (tertiary/aromatic N) is 1. The summed E-state index contributed by atoms with van der Waals surface area (Å²) in [6.45, 7) is 7.93. The molecule has 4 heteroatoms. The number of ketones is 1. The monoisotopic (exact) mass is 254 g/mol. The largest absolute Gasteiger partial charge is 0.316 e. The van der Waals surface area contributed by atoms with Crippen molar-refractivity contribution >= 4 is 18.2 Å². The highest BCUT2D eigenvalue weighted by Crippen LogP contribution is 2.50. The Balaban J connectivity index is 0.00000144. The molecule has 0 unspecified atom stereocenters. The smallest absolute Gasteiger partial charge is 0.178 e. The van der Waals surface area contributed by atoms with Crippen LogP contribution in [0.25, 0.3) is 0 Å². The summed E-state index contributed by atoms with van der Waals surface area (Å²) in [5.41, 5.74) is -0.121. The second kappa shape index (κ2) is 4.44. The third-order valence-electron chi connectivity index (χ3n) is 4.21. The topological polar surface area (TPSA) is 52.9 Å². The van der Waals surface area contributed by atoms with E-state index in [-0.39, 0.29) is 23.6 Å². The average Bonchev–Trinajstić information content (AvgIpc) is 2.24. The first-order valence-electron chi connectivity index (χ1n) is 5.80. The number of rotatable bonds is 0. The van der Waals surface area contributed by atoms with Gasteiger partial charge in [-0.25, -0.2) is 0 Å². The highest BCUT2D eigenvalue weighted by molar-refractivity contribution is 6.04. The Bertz CT molecular complexity index is 408. The van der Waals surface area contributed by atoms with Crippen molar-refractivity contribution in [1.82, 2.24) is 5.32 Å². The minimum atomic E-state index is -0.406. The highest BCUT2D eigenvalue weighted by Gasteiger charge is 2.51. The lowest BCUT2D eigenvalue weighted by atomic mass is 9.55. The predicted molar refractivity (Wildman–Crippen MR) is 68.8 cm³/mol. The minimum Gasteiger partial charge on any atom is -0.316 e. The number of nitrogens with one attached hydrogen (secondary N) is 1. The van der Waals surface area contributed by atoms with Gasteiger partial charge in [-0.3, -0.25) is 4.79 Å². The molecule has 17 heavy (non-hydrogen) atoms. The molecule has 2 aliphatic rings. The molecule has 0 bridgehead atoms. The minimum absolute atomic E-state index is 0. The lowest BCUT2D eigenvalue weighted by Gasteiger charge is -2.50. The molecule has 0 amide bonds. The number of allylic oxidation sites excluding steroid dienone is 1. The summed E-state index contributed by atoms with van der Waals surface area (Å²) in [6, 6.07) is 2.05. The van der Waals surface area contributed by atoms with Crippen molar-refractivity contribution in [2.45, 2.75) is 27.2 Å². The van der Waals surface area contributed by atoms with Crippen molar-refractivity contribution in [2.75, 3.05) is 13.1 Å². The van der Waals surface area contributed by atoms with Crippen LogP contribution >= 0.6 is 12.4 Å². The first-order valence-corrected chi connectivity index (χ1v) is 5.80. The number of hydrogen-bond acceptors (Lipinski definition) is 3. The molecular formula is C13H19ClN2O. The SMILES string of the molecule is CC1(C)C(=O)C(C#N)=C[C@@]2(C)CNCC[C@H]12.Cl. The Morgan fingerprint density at radius 2 is 2.12 bits per heavy atom. The fraction of sp³-hybridized carbons (Fsp3) is 0.692. The molecule has 0 aromatic carbocycles. The maximum Gasteiger partial charge on any atom is 0.178 e. The van der Waals surface area contributed by atoms with Crippen molar-refractivity contribution in [3.63, 3.8) is 0 Å². The second-order valence-corrected chi connectivity index (χ2v) is 5.74. The molecule has 3 nitrogen and oxygen atoms in total. The van der Waals surface area contributed by atoms with E-state index in [1.807, 2.05) is 19.9 Å². The van der Waals surface area contributed by atoms with E-state index in [1.54, 1.807) is 0 Å². The van der Waals surface area contributed by atoms with Gasteiger partial charge in [-0.2, -0.15) is 5.26 Å². The molecule has 94 valence electrons. The van der Waals surface area contributed by atoms with Crippen LogP contribution in [0, 0.1) is 28.1 Å². The van der Waals surface area contributed by atoms with Gasteiger partial charge in [0.25, 0.3) is 0 Å². The molecule has 0 radical (unpaired) electrons. The van der Waals surface area contributed by atoms with E-state index in [2.05, 4.69) is 18.3 Å². The molecule has 1 heterocycles. The summed E-state index contributed by atoms with van der Waals surface area (Å²) in [6.07, 6.45) is 2.89. The van der Waals surface area contributed by atoms with Crippen molar-refractivity contribution in [3.05, 3.63) is 11.6 Å². The zero-order chi connectivity index (χ0) is 12.0. The standard InChI is InChI=1S/C13H18N2O.ClH/c1-12(2)10-4-5-15-8-13(10,3)6-9(7-14)11(12)16;/h6,10,15H,4-5,8H2,1-3H3;1H/t10-,13+;/m1./s1. The number of Topliss-reactive ketones (excluding diaryl/α,β-unsaturated/α-hetero) is 1. The Hall–Kier alpha value is -0.850. The third kappa shape index (κ3) is 2.00. The van der Waals surface area contributed by atoms with Gasteiger partial charge < -0.3 is 5.32 Å². The number of hydrogen-bond donors (Lipinski definition) is 1. The van der Waals surface area contributed by atoms with Gasteiger partial charge in [0.1, 0.15) is 6.07 Å². The van der Waals surface area contributed by atoms with Crippen LogP contribution in [0.4, 0.5) is 0 Å². The number of piperidine rings is 1. The Morgan fingerprint density at radius 3 is 2.71 bits per heavy atom. The van der Waals surface area contributed by atoms with Crippen molar-refractivity contribution < 1.29 is 4.79 Å². The molecule has 0 aromatic heterocycles. The van der Waals surface area contributed by atoms with Crippen LogP contribution in [0.15, 0.2) is 11.6 Å². The Labute approximate surface area is 109 Å². The van der Waals surface area contributed by atoms with Crippen LogP contribution in [0.5, 0.6) is 0 Å². The van der Waals surface area contributed by atoms with Crippen LogP contribution in [-0.2, 0) is 4.79 Å². The zero-order valence-electron chi connectivity index (χ0n) is 10.5. The molecule has 1 aliphatic carbocycles. The average molecular weight is 255 g/mol. The van der Waals surface area contributed by atoms with E-state index in [0.717, 1.165) is 19.5 Å². The summed E-state index contributed by atoms with van der Waals surface area (Å²) in [5.74, 6) is 0.352. The van der Waals surface area contributed by atoms with Crippen LogP contribution < -0.4 is 5.32 Å². The molecule has 1 fully saturated rings. The van der Waals surface area contributed by atoms with Gasteiger partial charge in [0, 0.05) is 17.4 Å². The van der Waals surface area contributed by atoms with E-state index in [1.165, 1.54) is 0 Å². The van der Waals surface area contributed by atoms with Gasteiger partial charge in [0.05, 0.1) is 5.57 Å². The third-order valence-corrected chi connectivity index (χ3v) is 4.21. The molecule has 1 saturated heterocycles. The molecule has 1 N–H and O–H groups in total. The Morgan fingerprint density at radius 1 is 1.47 bits per heavy atom. The Kier molecular flexibility index (Phi) is 3.71. The zero-order valence-corrected chi connectivity index (χ0v) is 11.4. The number of nitriles is 1. The van der Waals surface area contributed by atoms with E-state index in [0.29, 0.717) is 11.5 Å². The predicted octanol–water partition coefficient (Wildman–Crippen LogP) is 2.08. The number of halogens is 1. The molecule has 0 saturated carbocycles. The van der Waals surface area contributed by atoms with Crippen molar-refractivity contribution in [1.29, 1.82) is 5.26 Å². The van der Waals surface area contributed by atoms with Gasteiger partial charge in [-0.15, -0.1) is 12.4 Å². The fourth-order valence-corrected chi connectivity index (χ4v) is 3.38. The van der Waals surface area contributed by atoms with Gasteiger partial charge in [-0.05, 0) is 18.9 Å². The van der Waals surface area contributed by atoms with Crippen LogP contribution in [0.1, 0.15) is 27.2 Å². The van der Waals surface area contributed by atoms with E-state index >= 15 is 0 Å². The molecule has 2 atom stereocenters. The summed E-state index contributed by atoms with van der Waals surface area (Å²) >= 11 is 0. The number of carbonyl (C=O) groups excluding carboxylic acids is 1. The number of fused-ring (bicyclic) bond motifs is 1. The summed E-state index contributed by atoms with van der Waals surface area (Å²) in [4.78, 5) is 12.2. The van der Waals surface area contributed by atoms with Gasteiger partial charge in [0.15, 0.2) is 5.78 Å². The normalized spacial score (nSPS) is 35.1. The van der Waals surface area contributed by atoms with E-state index in [9.17, 15) is 4.79 Å². The lowest BCUT2D eigenvalue weighted by Crippen LogP contribution is -2.54. The van der Waals surface area contributed by atoms with Crippen LogP contribution in [0.3, 0.4) is 0 Å². The van der Waals surface area contributed by atoms with E-state index in [4.69, 9.17) is 5.26 Å². The van der Waals surface area contributed by atoms with Gasteiger partial charge in [-0.1, -0.05) is 26.8 Å². The molecular weight excluding hydrogens is 236 g/mol. The molecule has 0 aromatic rings. The second-order valence-electron chi connectivity index (χ2n) is 5.74. The van der Waals surface area contributed by atoms with Crippen molar-refractivity contribution in [2.24, 2.45) is 16.7 Å². The van der Waals surface area contributed by atoms with Crippen LogP contribution in [-0.4, -0.2) is 18.9 Å². The number of carbonyl (C=O) groups is 1. The first-order chi connectivity index (χ1) is 7.42. The molecule has 2 rings (SSSR count). The molecule has 1 aliphatic heterocycles. The lowest BCUT2D eigenvalue weighted by molar-refractivity contribution is -0.130. The first kappa shape index (κ1) is 14.2. The maximum atomic E-state index is 12.2. The quantitative estimate of drug-likeness (QED) is 0.720. The van der Waals surface area contributed by atoms with Gasteiger partial charge in [0.2, 0.25) is 0 Å². The van der Waals surface area contributed by atoms with Crippen molar-refractivity contribution in [3.8, 4) is 6.07 Å². The van der Waals surface area contributed by atoms with Crippen LogP contribution in [0.2, 0.25) is 0 Å². The highest BCUT2D eigenvalue weighted by atomic mass is 35.5. The van der Waals surface area contributed by atoms with E-state index < -0.39 is 5.41 Å². The molecule has 0 spiro atoms. The summed E-state index contributed by atoms with van der Waals surface area (Å²) < 4.78 is 0.